The first-order chi connectivity index (χ1) is 14.5. The predicted octanol–water partition coefficient (Wildman–Crippen LogP) is 4.73. The van der Waals surface area contributed by atoms with Crippen molar-refractivity contribution >= 4 is 11.6 Å². The lowest BCUT2D eigenvalue weighted by Crippen LogP contribution is -2.54. The Morgan fingerprint density at radius 3 is 2.53 bits per heavy atom. The molecule has 0 aromatic heterocycles. The number of hydrogen-bond acceptors (Lipinski definition) is 4. The van der Waals surface area contributed by atoms with Gasteiger partial charge in [0.05, 0.1) is 6.61 Å². The summed E-state index contributed by atoms with van der Waals surface area (Å²) in [4.78, 5) is 0. The molecule has 5 heteroatoms. The molecule has 0 spiro atoms. The minimum atomic E-state index is -1.39. The SMILES string of the molecule is CCOc1ccc2c(c1)O[C@@]1(c3ccc(Cl)cc3)[C@H](c3ccccc3)C[C@@H](N)[C@]21O. The summed E-state index contributed by atoms with van der Waals surface area (Å²) >= 11 is 6.18. The third-order valence-corrected chi connectivity index (χ3v) is 6.76. The first-order valence-corrected chi connectivity index (χ1v) is 10.6. The monoisotopic (exact) mass is 421 g/mol. The standard InChI is InChI=1S/C25H24ClNO3/c1-2-29-19-12-13-20-22(14-19)30-25(17-8-10-18(26)11-9-17)21(15-23(27)24(20,25)28)16-6-4-3-5-7-16/h3-14,21,23,28H,2,15,27H2,1H3/t21-,23+,24+,25-/m0/s1. The molecule has 1 saturated carbocycles. The molecule has 0 radical (unpaired) electrons. The van der Waals surface area contributed by atoms with E-state index in [1.807, 2.05) is 67.6 Å². The minimum Gasteiger partial charge on any atom is -0.494 e. The van der Waals surface area contributed by atoms with E-state index in [-0.39, 0.29) is 5.92 Å². The van der Waals surface area contributed by atoms with Crippen LogP contribution in [0, 0.1) is 0 Å². The molecule has 2 aliphatic rings. The molecular weight excluding hydrogens is 398 g/mol. The molecule has 154 valence electrons. The van der Waals surface area contributed by atoms with Crippen molar-refractivity contribution in [1.29, 1.82) is 0 Å². The summed E-state index contributed by atoms with van der Waals surface area (Å²) in [6, 6.07) is 22.7. The van der Waals surface area contributed by atoms with Crippen molar-refractivity contribution in [2.75, 3.05) is 6.61 Å². The molecule has 0 unspecified atom stereocenters. The Morgan fingerprint density at radius 2 is 1.83 bits per heavy atom. The van der Waals surface area contributed by atoms with Crippen LogP contribution in [-0.4, -0.2) is 17.8 Å². The zero-order valence-corrected chi connectivity index (χ0v) is 17.5. The number of aliphatic hydroxyl groups is 1. The van der Waals surface area contributed by atoms with Gasteiger partial charge >= 0.3 is 0 Å². The topological polar surface area (TPSA) is 64.7 Å². The molecule has 5 rings (SSSR count). The van der Waals surface area contributed by atoms with Crippen LogP contribution < -0.4 is 15.2 Å². The van der Waals surface area contributed by atoms with Crippen LogP contribution in [0.1, 0.15) is 36.0 Å². The van der Waals surface area contributed by atoms with Crippen LogP contribution in [0.15, 0.2) is 72.8 Å². The molecule has 4 nitrogen and oxygen atoms in total. The summed E-state index contributed by atoms with van der Waals surface area (Å²) in [6.07, 6.45) is 0.593. The van der Waals surface area contributed by atoms with Crippen LogP contribution in [0.25, 0.3) is 0 Å². The number of benzene rings is 3. The Morgan fingerprint density at radius 1 is 1.10 bits per heavy atom. The molecule has 0 saturated heterocycles. The van der Waals surface area contributed by atoms with Gasteiger partial charge in [0.15, 0.2) is 11.2 Å². The Hall–Kier alpha value is -2.53. The van der Waals surface area contributed by atoms with Crippen LogP contribution >= 0.6 is 11.6 Å². The summed E-state index contributed by atoms with van der Waals surface area (Å²) in [5, 5.41) is 12.9. The van der Waals surface area contributed by atoms with E-state index in [0.29, 0.717) is 35.1 Å². The largest absolute Gasteiger partial charge is 0.494 e. The van der Waals surface area contributed by atoms with E-state index in [4.69, 9.17) is 26.8 Å². The number of halogens is 1. The van der Waals surface area contributed by atoms with Crippen molar-refractivity contribution in [3.8, 4) is 11.5 Å². The molecule has 1 fully saturated rings. The van der Waals surface area contributed by atoms with Crippen LogP contribution in [0.4, 0.5) is 0 Å². The van der Waals surface area contributed by atoms with Gasteiger partial charge in [0.2, 0.25) is 0 Å². The van der Waals surface area contributed by atoms with Crippen LogP contribution in [0.5, 0.6) is 11.5 Å². The third kappa shape index (κ3) is 2.54. The molecule has 3 aromatic carbocycles. The van der Waals surface area contributed by atoms with Gasteiger partial charge in [0, 0.05) is 28.6 Å². The summed E-state index contributed by atoms with van der Waals surface area (Å²) in [7, 11) is 0. The third-order valence-electron chi connectivity index (χ3n) is 6.50. The smallest absolute Gasteiger partial charge is 0.175 e. The summed E-state index contributed by atoms with van der Waals surface area (Å²) in [5.41, 5.74) is 6.84. The molecule has 3 aromatic rings. The van der Waals surface area contributed by atoms with Gasteiger partial charge in [-0.15, -0.1) is 0 Å². The molecule has 3 N–H and O–H groups in total. The maximum atomic E-state index is 12.3. The molecule has 1 aliphatic heterocycles. The van der Waals surface area contributed by atoms with E-state index in [9.17, 15) is 5.11 Å². The van der Waals surface area contributed by atoms with Gasteiger partial charge in [-0.3, -0.25) is 0 Å². The zero-order valence-electron chi connectivity index (χ0n) is 16.7. The fraction of sp³-hybridized carbons (Fsp3) is 0.280. The number of nitrogens with two attached hydrogens (primary N) is 1. The quantitative estimate of drug-likeness (QED) is 0.639. The fourth-order valence-corrected chi connectivity index (χ4v) is 5.37. The Balaban J connectivity index is 1.75. The summed E-state index contributed by atoms with van der Waals surface area (Å²) < 4.78 is 12.4. The lowest BCUT2D eigenvalue weighted by Gasteiger charge is -2.41. The summed E-state index contributed by atoms with van der Waals surface area (Å²) in [5.74, 6) is 1.17. The highest BCUT2D eigenvalue weighted by Crippen LogP contribution is 2.66. The lowest BCUT2D eigenvalue weighted by molar-refractivity contribution is -0.112. The average Bonchev–Trinajstić information content (AvgIpc) is 3.15. The van der Waals surface area contributed by atoms with Crippen molar-refractivity contribution in [1.82, 2.24) is 0 Å². The van der Waals surface area contributed by atoms with E-state index in [1.54, 1.807) is 0 Å². The number of fused-ring (bicyclic) bond motifs is 3. The van der Waals surface area contributed by atoms with E-state index in [1.165, 1.54) is 0 Å². The Labute approximate surface area is 181 Å². The van der Waals surface area contributed by atoms with Crippen molar-refractivity contribution in [2.45, 2.75) is 36.5 Å². The van der Waals surface area contributed by atoms with Gasteiger partial charge in [-0.2, -0.15) is 0 Å². The molecule has 0 bridgehead atoms. The Bertz CT molecular complexity index is 1070. The van der Waals surface area contributed by atoms with Gasteiger partial charge in [-0.05, 0) is 48.7 Å². The molecule has 4 atom stereocenters. The molecular formula is C25H24ClNO3. The summed E-state index contributed by atoms with van der Waals surface area (Å²) in [6.45, 7) is 2.49. The van der Waals surface area contributed by atoms with Gasteiger partial charge < -0.3 is 20.3 Å². The molecule has 30 heavy (non-hydrogen) atoms. The highest BCUT2D eigenvalue weighted by atomic mass is 35.5. The van der Waals surface area contributed by atoms with E-state index in [2.05, 4.69) is 12.1 Å². The normalized spacial score (nSPS) is 29.2. The maximum absolute atomic E-state index is 12.3. The maximum Gasteiger partial charge on any atom is 0.175 e. The number of hydrogen-bond donors (Lipinski definition) is 2. The second kappa shape index (κ2) is 7.02. The Kier molecular flexibility index (Phi) is 4.55. The second-order valence-corrected chi connectivity index (χ2v) is 8.44. The second-order valence-electron chi connectivity index (χ2n) is 8.01. The van der Waals surface area contributed by atoms with E-state index < -0.39 is 17.2 Å². The number of ether oxygens (including phenoxy) is 2. The molecule has 0 amide bonds. The minimum absolute atomic E-state index is 0.136. The number of rotatable bonds is 4. The van der Waals surface area contributed by atoms with Crippen molar-refractivity contribution in [3.05, 3.63) is 94.5 Å². The van der Waals surface area contributed by atoms with E-state index in [0.717, 1.165) is 11.1 Å². The van der Waals surface area contributed by atoms with Gasteiger partial charge in [-0.1, -0.05) is 54.1 Å². The average molecular weight is 422 g/mol. The first-order valence-electron chi connectivity index (χ1n) is 10.3. The van der Waals surface area contributed by atoms with Crippen LogP contribution in [0.3, 0.4) is 0 Å². The lowest BCUT2D eigenvalue weighted by atomic mass is 9.71. The van der Waals surface area contributed by atoms with Crippen LogP contribution in [-0.2, 0) is 11.2 Å². The van der Waals surface area contributed by atoms with Crippen molar-refractivity contribution in [2.24, 2.45) is 5.73 Å². The van der Waals surface area contributed by atoms with Crippen molar-refractivity contribution in [3.63, 3.8) is 0 Å². The van der Waals surface area contributed by atoms with Gasteiger partial charge in [0.25, 0.3) is 0 Å². The van der Waals surface area contributed by atoms with Crippen molar-refractivity contribution < 1.29 is 14.6 Å². The molecule has 1 heterocycles. The zero-order chi connectivity index (χ0) is 20.9. The molecule has 1 aliphatic carbocycles. The van der Waals surface area contributed by atoms with E-state index >= 15 is 0 Å². The first kappa shape index (κ1) is 19.4. The highest BCUT2D eigenvalue weighted by molar-refractivity contribution is 6.30. The van der Waals surface area contributed by atoms with Gasteiger partial charge in [-0.25, -0.2) is 0 Å². The van der Waals surface area contributed by atoms with Gasteiger partial charge in [0.1, 0.15) is 11.5 Å². The predicted molar refractivity (Wildman–Crippen MR) is 117 cm³/mol. The fourth-order valence-electron chi connectivity index (χ4n) is 5.25. The van der Waals surface area contributed by atoms with Crippen LogP contribution in [0.2, 0.25) is 5.02 Å². The highest BCUT2D eigenvalue weighted by Gasteiger charge is 2.71.